The lowest BCUT2D eigenvalue weighted by atomic mass is 10.1. The zero-order valence-corrected chi connectivity index (χ0v) is 11.1. The second kappa shape index (κ2) is 8.91. The number of hydrogen-bond acceptors (Lipinski definition) is 3. The van der Waals surface area contributed by atoms with Gasteiger partial charge in [-0.3, -0.25) is 10.1 Å². The van der Waals surface area contributed by atoms with E-state index in [0.29, 0.717) is 6.07 Å². The zero-order valence-electron chi connectivity index (χ0n) is 11.1. The molecule has 4 nitrogen and oxygen atoms in total. The molecule has 0 saturated carbocycles. The van der Waals surface area contributed by atoms with Gasteiger partial charge in [-0.1, -0.05) is 33.8 Å². The molecule has 0 aliphatic carbocycles. The number of hydrogen-bond donors (Lipinski definition) is 0. The van der Waals surface area contributed by atoms with E-state index in [2.05, 4.69) is 0 Å². The van der Waals surface area contributed by atoms with Crippen molar-refractivity contribution in [3.8, 4) is 6.07 Å². The summed E-state index contributed by atoms with van der Waals surface area (Å²) in [6, 6.07) is 3.57. The Hall–Kier alpha value is -2.10. The van der Waals surface area contributed by atoms with Crippen LogP contribution in [-0.4, -0.2) is 4.92 Å². The van der Waals surface area contributed by atoms with Crippen LogP contribution in [0.3, 0.4) is 0 Å². The van der Waals surface area contributed by atoms with Crippen molar-refractivity contribution in [1.82, 2.24) is 0 Å². The number of nitriles is 1. The quantitative estimate of drug-likeness (QED) is 0.558. The van der Waals surface area contributed by atoms with Gasteiger partial charge in [0.2, 0.25) is 0 Å². The summed E-state index contributed by atoms with van der Waals surface area (Å²) in [7, 11) is 0. The molecular weight excluding hydrogens is 261 g/mol. The Morgan fingerprint density at radius 1 is 1.21 bits per heavy atom. The van der Waals surface area contributed by atoms with E-state index < -0.39 is 27.9 Å². The third kappa shape index (κ3) is 5.38. The fourth-order valence-corrected chi connectivity index (χ4v) is 1.05. The van der Waals surface area contributed by atoms with E-state index in [4.69, 9.17) is 5.26 Å². The summed E-state index contributed by atoms with van der Waals surface area (Å²) in [5.41, 5.74) is -3.10. The zero-order chi connectivity index (χ0) is 15.6. The Morgan fingerprint density at radius 3 is 2.00 bits per heavy atom. The predicted molar refractivity (Wildman–Crippen MR) is 65.5 cm³/mol. The summed E-state index contributed by atoms with van der Waals surface area (Å²) in [6.07, 6.45) is -4.77. The standard InChI is InChI=1S/C8H3F3N2O2.2C2H6/c9-8(10,11)6-2-1-3-7(13(14)15)5(6)4-12;2*1-2/h1-3H;2*1-2H3. The summed E-state index contributed by atoms with van der Waals surface area (Å²) < 4.78 is 36.9. The van der Waals surface area contributed by atoms with Gasteiger partial charge in [0, 0.05) is 6.07 Å². The maximum atomic E-state index is 12.3. The summed E-state index contributed by atoms with van der Waals surface area (Å²) in [5, 5.41) is 18.8. The highest BCUT2D eigenvalue weighted by Crippen LogP contribution is 2.35. The SMILES string of the molecule is CC.CC.N#Cc1c([N+](=O)[O-])cccc1C(F)(F)F. The first-order chi connectivity index (χ1) is 8.88. The Morgan fingerprint density at radius 2 is 1.68 bits per heavy atom. The summed E-state index contributed by atoms with van der Waals surface area (Å²) in [4.78, 5) is 9.33. The Balaban J connectivity index is 0. The number of rotatable bonds is 1. The summed E-state index contributed by atoms with van der Waals surface area (Å²) >= 11 is 0. The van der Waals surface area contributed by atoms with Crippen LogP contribution in [0, 0.1) is 21.4 Å². The van der Waals surface area contributed by atoms with Gasteiger partial charge in [-0.2, -0.15) is 18.4 Å². The van der Waals surface area contributed by atoms with Crippen LogP contribution in [0.15, 0.2) is 18.2 Å². The van der Waals surface area contributed by atoms with E-state index in [0.717, 1.165) is 12.1 Å². The van der Waals surface area contributed by atoms with Gasteiger partial charge in [-0.15, -0.1) is 0 Å². The molecule has 0 aliphatic heterocycles. The summed E-state index contributed by atoms with van der Waals surface area (Å²) in [6.45, 7) is 8.00. The molecule has 0 saturated heterocycles. The maximum Gasteiger partial charge on any atom is 0.417 e. The minimum atomic E-state index is -4.77. The smallest absolute Gasteiger partial charge is 0.258 e. The lowest BCUT2D eigenvalue weighted by Gasteiger charge is -2.07. The first-order valence-corrected chi connectivity index (χ1v) is 5.62. The molecule has 0 N–H and O–H groups in total. The number of benzene rings is 1. The minimum absolute atomic E-state index is 0.631. The summed E-state index contributed by atoms with van der Waals surface area (Å²) in [5.74, 6) is 0. The number of nitrogens with zero attached hydrogens (tertiary/aromatic N) is 2. The van der Waals surface area contributed by atoms with Crippen LogP contribution in [0.25, 0.3) is 0 Å². The van der Waals surface area contributed by atoms with Crippen LogP contribution in [-0.2, 0) is 6.18 Å². The molecule has 19 heavy (non-hydrogen) atoms. The Bertz CT molecular complexity index is 451. The van der Waals surface area contributed by atoms with Crippen molar-refractivity contribution in [2.75, 3.05) is 0 Å². The van der Waals surface area contributed by atoms with Crippen LogP contribution in [0.5, 0.6) is 0 Å². The van der Waals surface area contributed by atoms with Crippen molar-refractivity contribution in [2.24, 2.45) is 0 Å². The van der Waals surface area contributed by atoms with E-state index in [-0.39, 0.29) is 0 Å². The molecule has 1 aromatic rings. The number of nitro benzene ring substituents is 1. The molecular formula is C12H15F3N2O2. The molecule has 0 aliphatic rings. The second-order valence-corrected chi connectivity index (χ2v) is 2.57. The maximum absolute atomic E-state index is 12.3. The van der Waals surface area contributed by atoms with Crippen molar-refractivity contribution in [2.45, 2.75) is 33.9 Å². The number of alkyl halides is 3. The molecule has 0 unspecified atom stereocenters. The van der Waals surface area contributed by atoms with Gasteiger partial charge in [0.25, 0.3) is 5.69 Å². The van der Waals surface area contributed by atoms with Crippen LogP contribution < -0.4 is 0 Å². The molecule has 0 bridgehead atoms. The highest BCUT2D eigenvalue weighted by Gasteiger charge is 2.36. The topological polar surface area (TPSA) is 66.9 Å². The average Bonchev–Trinajstić information content (AvgIpc) is 2.41. The molecule has 1 rings (SSSR count). The molecule has 0 spiro atoms. The lowest BCUT2D eigenvalue weighted by molar-refractivity contribution is -0.385. The van der Waals surface area contributed by atoms with Gasteiger partial charge in [0.05, 0.1) is 10.5 Å². The van der Waals surface area contributed by atoms with Gasteiger partial charge in [0.15, 0.2) is 0 Å². The molecule has 106 valence electrons. The van der Waals surface area contributed by atoms with Crippen molar-refractivity contribution in [1.29, 1.82) is 5.26 Å². The van der Waals surface area contributed by atoms with Crippen LogP contribution in [0.1, 0.15) is 38.8 Å². The van der Waals surface area contributed by atoms with Crippen LogP contribution >= 0.6 is 0 Å². The normalized spacial score (nSPS) is 9.16. The molecule has 0 atom stereocenters. The number of nitro groups is 1. The van der Waals surface area contributed by atoms with Crippen molar-refractivity contribution in [3.63, 3.8) is 0 Å². The van der Waals surface area contributed by atoms with Gasteiger partial charge >= 0.3 is 6.18 Å². The van der Waals surface area contributed by atoms with E-state index >= 15 is 0 Å². The fourth-order valence-electron chi connectivity index (χ4n) is 1.05. The average molecular weight is 276 g/mol. The van der Waals surface area contributed by atoms with E-state index in [1.807, 2.05) is 27.7 Å². The third-order valence-corrected chi connectivity index (χ3v) is 1.66. The molecule has 0 heterocycles. The second-order valence-electron chi connectivity index (χ2n) is 2.57. The Labute approximate surface area is 109 Å². The Kier molecular flexibility index (Phi) is 9.03. The minimum Gasteiger partial charge on any atom is -0.258 e. The molecule has 0 amide bonds. The molecule has 0 fully saturated rings. The van der Waals surface area contributed by atoms with E-state index in [9.17, 15) is 23.3 Å². The molecule has 1 aromatic carbocycles. The van der Waals surface area contributed by atoms with Crippen LogP contribution in [0.2, 0.25) is 0 Å². The molecule has 7 heteroatoms. The van der Waals surface area contributed by atoms with Crippen molar-refractivity contribution >= 4 is 5.69 Å². The first-order valence-electron chi connectivity index (χ1n) is 5.62. The van der Waals surface area contributed by atoms with Gasteiger partial charge in [-0.05, 0) is 6.07 Å². The first kappa shape index (κ1) is 19.2. The van der Waals surface area contributed by atoms with Gasteiger partial charge < -0.3 is 0 Å². The predicted octanol–water partition coefficient (Wildman–Crippen LogP) is 4.54. The highest BCUT2D eigenvalue weighted by molar-refractivity contribution is 5.54. The van der Waals surface area contributed by atoms with Crippen molar-refractivity contribution in [3.05, 3.63) is 39.4 Å². The monoisotopic (exact) mass is 276 g/mol. The highest BCUT2D eigenvalue weighted by atomic mass is 19.4. The van der Waals surface area contributed by atoms with Gasteiger partial charge in [0.1, 0.15) is 11.6 Å². The lowest BCUT2D eigenvalue weighted by Crippen LogP contribution is -2.09. The number of halogens is 3. The van der Waals surface area contributed by atoms with E-state index in [1.165, 1.54) is 6.07 Å². The van der Waals surface area contributed by atoms with Crippen LogP contribution in [0.4, 0.5) is 18.9 Å². The molecule has 0 radical (unpaired) electrons. The fraction of sp³-hybridized carbons (Fsp3) is 0.417. The van der Waals surface area contributed by atoms with E-state index in [1.54, 1.807) is 0 Å². The van der Waals surface area contributed by atoms with Crippen molar-refractivity contribution < 1.29 is 18.1 Å². The molecule has 0 aromatic heterocycles. The largest absolute Gasteiger partial charge is 0.417 e. The van der Waals surface area contributed by atoms with Gasteiger partial charge in [-0.25, -0.2) is 0 Å². The third-order valence-electron chi connectivity index (χ3n) is 1.66.